The van der Waals surface area contributed by atoms with Crippen molar-refractivity contribution in [1.82, 2.24) is 10.1 Å². The van der Waals surface area contributed by atoms with E-state index in [0.717, 1.165) is 24.3 Å². The predicted octanol–water partition coefficient (Wildman–Crippen LogP) is 3.88. The molecule has 0 unspecified atom stereocenters. The van der Waals surface area contributed by atoms with Crippen LogP contribution in [0.2, 0.25) is 5.02 Å². The Labute approximate surface area is 139 Å². The lowest BCUT2D eigenvalue weighted by atomic mass is 10.3. The second kappa shape index (κ2) is 6.50. The van der Waals surface area contributed by atoms with Crippen molar-refractivity contribution in [2.45, 2.75) is 25.3 Å². The number of anilines is 1. The van der Waals surface area contributed by atoms with E-state index in [9.17, 15) is 4.79 Å². The fourth-order valence-electron chi connectivity index (χ4n) is 2.27. The number of ether oxygens (including phenoxy) is 1. The number of urea groups is 1. The highest BCUT2D eigenvalue weighted by Gasteiger charge is 2.28. The highest BCUT2D eigenvalue weighted by Crippen LogP contribution is 2.40. The van der Waals surface area contributed by atoms with Crippen LogP contribution in [-0.2, 0) is 6.54 Å². The van der Waals surface area contributed by atoms with Crippen LogP contribution in [0.5, 0.6) is 5.75 Å². The van der Waals surface area contributed by atoms with E-state index in [4.69, 9.17) is 20.9 Å². The first kappa shape index (κ1) is 15.7. The molecule has 0 aliphatic heterocycles. The van der Waals surface area contributed by atoms with Gasteiger partial charge in [-0.15, -0.1) is 0 Å². The molecule has 1 aliphatic rings. The Hall–Kier alpha value is -2.21. The highest BCUT2D eigenvalue weighted by molar-refractivity contribution is 6.31. The van der Waals surface area contributed by atoms with Crippen molar-refractivity contribution in [2.24, 2.45) is 0 Å². The van der Waals surface area contributed by atoms with E-state index in [1.54, 1.807) is 25.2 Å². The fraction of sp³-hybridized carbons (Fsp3) is 0.375. The first-order valence-corrected chi connectivity index (χ1v) is 7.75. The molecular weight excluding hydrogens is 318 g/mol. The van der Waals surface area contributed by atoms with E-state index < -0.39 is 0 Å². The maximum Gasteiger partial charge on any atom is 0.322 e. The zero-order chi connectivity index (χ0) is 16.4. The molecule has 0 saturated heterocycles. The molecule has 122 valence electrons. The number of nitrogens with zero attached hydrogens (tertiary/aromatic N) is 2. The summed E-state index contributed by atoms with van der Waals surface area (Å²) in [7, 11) is 3.23. The average molecular weight is 336 g/mol. The van der Waals surface area contributed by atoms with Crippen LogP contribution in [-0.4, -0.2) is 30.2 Å². The van der Waals surface area contributed by atoms with Gasteiger partial charge in [-0.25, -0.2) is 4.79 Å². The lowest BCUT2D eigenvalue weighted by molar-refractivity contribution is 0.219. The molecule has 1 aromatic heterocycles. The van der Waals surface area contributed by atoms with Crippen LogP contribution in [0, 0.1) is 0 Å². The van der Waals surface area contributed by atoms with E-state index in [-0.39, 0.29) is 6.03 Å². The minimum absolute atomic E-state index is 0.276. The number of carbonyl (C=O) groups is 1. The van der Waals surface area contributed by atoms with Gasteiger partial charge in [-0.1, -0.05) is 16.8 Å². The Morgan fingerprint density at radius 3 is 2.96 bits per heavy atom. The fourth-order valence-corrected chi connectivity index (χ4v) is 2.44. The number of nitrogens with one attached hydrogen (secondary N) is 1. The molecule has 1 aliphatic carbocycles. The molecule has 23 heavy (non-hydrogen) atoms. The Morgan fingerprint density at radius 2 is 2.26 bits per heavy atom. The number of benzene rings is 1. The maximum absolute atomic E-state index is 12.3. The molecular formula is C16H18ClN3O3. The minimum atomic E-state index is -0.276. The summed E-state index contributed by atoms with van der Waals surface area (Å²) < 4.78 is 10.5. The lowest BCUT2D eigenvalue weighted by Gasteiger charge is -2.18. The standard InChI is InChI=1S/C16H18ClN3O3/c1-20(9-12-8-15(23-19-12)10-3-4-10)16(21)18-13-7-11(17)5-6-14(13)22-2/h5-8,10H,3-4,9H2,1-2H3,(H,18,21). The highest BCUT2D eigenvalue weighted by atomic mass is 35.5. The van der Waals surface area contributed by atoms with Gasteiger partial charge >= 0.3 is 6.03 Å². The third-order valence-corrected chi connectivity index (χ3v) is 3.94. The van der Waals surface area contributed by atoms with Crippen molar-refractivity contribution in [1.29, 1.82) is 0 Å². The van der Waals surface area contributed by atoms with Gasteiger partial charge in [0.2, 0.25) is 0 Å². The van der Waals surface area contributed by atoms with Crippen LogP contribution in [0.4, 0.5) is 10.5 Å². The van der Waals surface area contributed by atoms with E-state index >= 15 is 0 Å². The number of amides is 2. The van der Waals surface area contributed by atoms with Crippen molar-refractivity contribution in [3.63, 3.8) is 0 Å². The Kier molecular flexibility index (Phi) is 4.43. The molecule has 0 bridgehead atoms. The summed E-state index contributed by atoms with van der Waals surface area (Å²) >= 11 is 5.96. The van der Waals surface area contributed by atoms with Crippen molar-refractivity contribution < 1.29 is 14.1 Å². The van der Waals surface area contributed by atoms with Gasteiger partial charge in [0.1, 0.15) is 17.2 Å². The molecule has 2 aromatic rings. The van der Waals surface area contributed by atoms with Crippen LogP contribution < -0.4 is 10.1 Å². The first-order chi connectivity index (χ1) is 11.1. The van der Waals surface area contributed by atoms with Crippen molar-refractivity contribution in [2.75, 3.05) is 19.5 Å². The van der Waals surface area contributed by atoms with Gasteiger partial charge in [-0.3, -0.25) is 0 Å². The summed E-state index contributed by atoms with van der Waals surface area (Å²) in [5, 5.41) is 7.32. The molecule has 6 nitrogen and oxygen atoms in total. The number of hydrogen-bond acceptors (Lipinski definition) is 4. The molecule has 7 heteroatoms. The zero-order valence-corrected chi connectivity index (χ0v) is 13.8. The summed E-state index contributed by atoms with van der Waals surface area (Å²) in [6.07, 6.45) is 2.30. The third-order valence-electron chi connectivity index (χ3n) is 3.71. The van der Waals surface area contributed by atoms with Crippen LogP contribution in [0.15, 0.2) is 28.8 Å². The van der Waals surface area contributed by atoms with Gasteiger partial charge in [0.25, 0.3) is 0 Å². The molecule has 1 heterocycles. The van der Waals surface area contributed by atoms with E-state index in [1.165, 1.54) is 12.0 Å². The minimum Gasteiger partial charge on any atom is -0.495 e. The molecule has 1 N–H and O–H groups in total. The van der Waals surface area contributed by atoms with Crippen molar-refractivity contribution >= 4 is 23.3 Å². The molecule has 1 fully saturated rings. The van der Waals surface area contributed by atoms with Crippen LogP contribution in [0.25, 0.3) is 0 Å². The number of carbonyl (C=O) groups excluding carboxylic acids is 1. The first-order valence-electron chi connectivity index (χ1n) is 7.38. The van der Waals surface area contributed by atoms with Crippen molar-refractivity contribution in [3.05, 3.63) is 40.7 Å². The number of methoxy groups -OCH3 is 1. The van der Waals surface area contributed by atoms with Gasteiger partial charge in [0.15, 0.2) is 0 Å². The molecule has 0 radical (unpaired) electrons. The average Bonchev–Trinajstić information content (AvgIpc) is 3.28. The van der Waals surface area contributed by atoms with E-state index in [1.807, 2.05) is 6.07 Å². The molecule has 0 spiro atoms. The Balaban J connectivity index is 1.63. The number of rotatable bonds is 5. The third kappa shape index (κ3) is 3.76. The van der Waals surface area contributed by atoms with Crippen LogP contribution >= 0.6 is 11.6 Å². The molecule has 3 rings (SSSR count). The van der Waals surface area contributed by atoms with Gasteiger partial charge in [0, 0.05) is 24.1 Å². The molecule has 2 amide bonds. The van der Waals surface area contributed by atoms with Gasteiger partial charge in [-0.2, -0.15) is 0 Å². The van der Waals surface area contributed by atoms with E-state index in [2.05, 4.69) is 10.5 Å². The quantitative estimate of drug-likeness (QED) is 0.900. The SMILES string of the molecule is COc1ccc(Cl)cc1NC(=O)N(C)Cc1cc(C2CC2)on1. The smallest absolute Gasteiger partial charge is 0.322 e. The van der Waals surface area contributed by atoms with Crippen LogP contribution in [0.3, 0.4) is 0 Å². The summed E-state index contributed by atoms with van der Waals surface area (Å²) in [5.41, 5.74) is 1.26. The summed E-state index contributed by atoms with van der Waals surface area (Å²) in [5.74, 6) is 1.96. The monoisotopic (exact) mass is 335 g/mol. The maximum atomic E-state index is 12.3. The summed E-state index contributed by atoms with van der Waals surface area (Å²) in [6.45, 7) is 0.366. The van der Waals surface area contributed by atoms with Gasteiger partial charge < -0.3 is 19.5 Å². The molecule has 0 atom stereocenters. The van der Waals surface area contributed by atoms with Crippen molar-refractivity contribution in [3.8, 4) is 5.75 Å². The number of hydrogen-bond donors (Lipinski definition) is 1. The second-order valence-corrected chi connectivity index (χ2v) is 6.06. The zero-order valence-electron chi connectivity index (χ0n) is 13.0. The summed E-state index contributed by atoms with van der Waals surface area (Å²) in [4.78, 5) is 13.8. The van der Waals surface area contributed by atoms with Gasteiger partial charge in [0.05, 0.1) is 19.3 Å². The molecule has 1 aromatic carbocycles. The summed E-state index contributed by atoms with van der Waals surface area (Å²) in [6, 6.07) is 6.70. The number of halogens is 1. The van der Waals surface area contributed by atoms with Crippen LogP contribution in [0.1, 0.15) is 30.2 Å². The Bertz CT molecular complexity index is 712. The lowest BCUT2D eigenvalue weighted by Crippen LogP contribution is -2.31. The van der Waals surface area contributed by atoms with Gasteiger partial charge in [-0.05, 0) is 31.0 Å². The topological polar surface area (TPSA) is 67.6 Å². The Morgan fingerprint density at radius 1 is 1.48 bits per heavy atom. The largest absolute Gasteiger partial charge is 0.495 e. The second-order valence-electron chi connectivity index (χ2n) is 5.63. The normalized spacial score (nSPS) is 13.7. The predicted molar refractivity (Wildman–Crippen MR) is 87.0 cm³/mol. The molecule has 1 saturated carbocycles. The van der Waals surface area contributed by atoms with E-state index in [0.29, 0.717) is 28.9 Å². The number of aromatic nitrogens is 1.